The lowest BCUT2D eigenvalue weighted by Crippen LogP contribution is -2.19. The maximum absolute atomic E-state index is 10.8. The molecule has 4 nitrogen and oxygen atoms in total. The van der Waals surface area contributed by atoms with Crippen LogP contribution < -0.4 is 4.74 Å². The summed E-state index contributed by atoms with van der Waals surface area (Å²) in [6.45, 7) is 1.46. The van der Waals surface area contributed by atoms with E-state index in [9.17, 15) is 4.79 Å². The Morgan fingerprint density at radius 2 is 2.05 bits per heavy atom. The molecule has 0 fully saturated rings. The van der Waals surface area contributed by atoms with Crippen LogP contribution in [0, 0.1) is 0 Å². The van der Waals surface area contributed by atoms with Gasteiger partial charge in [0.1, 0.15) is 12.9 Å². The maximum Gasteiger partial charge on any atom is 0.213 e. The minimum absolute atomic E-state index is 0.611. The van der Waals surface area contributed by atoms with Crippen molar-refractivity contribution in [1.29, 1.82) is 0 Å². The monoisotopic (exact) mass is 270 g/mol. The zero-order chi connectivity index (χ0) is 14.4. The van der Waals surface area contributed by atoms with E-state index in [0.717, 1.165) is 24.0 Å². The predicted octanol–water partition coefficient (Wildman–Crippen LogP) is 2.50. The van der Waals surface area contributed by atoms with Gasteiger partial charge < -0.3 is 9.64 Å². The van der Waals surface area contributed by atoms with Gasteiger partial charge in [-0.3, -0.25) is 4.79 Å². The number of carbonyl (C=O) groups is 1. The molecular weight excluding hydrogens is 252 g/mol. The fourth-order valence-corrected chi connectivity index (χ4v) is 1.76. The van der Waals surface area contributed by atoms with Crippen LogP contribution in [-0.2, 0) is 0 Å². The van der Waals surface area contributed by atoms with Crippen LogP contribution in [0.25, 0.3) is 11.1 Å². The highest BCUT2D eigenvalue weighted by Gasteiger charge is 2.01. The van der Waals surface area contributed by atoms with Crippen molar-refractivity contribution in [2.45, 2.75) is 0 Å². The summed E-state index contributed by atoms with van der Waals surface area (Å²) >= 11 is 0. The molecule has 0 bridgehead atoms. The molecule has 20 heavy (non-hydrogen) atoms. The number of hydrogen-bond donors (Lipinski definition) is 0. The van der Waals surface area contributed by atoms with E-state index in [0.29, 0.717) is 18.1 Å². The van der Waals surface area contributed by atoms with Crippen molar-refractivity contribution in [3.63, 3.8) is 0 Å². The van der Waals surface area contributed by atoms with Gasteiger partial charge >= 0.3 is 0 Å². The molecule has 1 heterocycles. The van der Waals surface area contributed by atoms with Crippen LogP contribution in [0.4, 0.5) is 0 Å². The Balaban J connectivity index is 2.05. The van der Waals surface area contributed by atoms with Crippen molar-refractivity contribution in [2.24, 2.45) is 0 Å². The van der Waals surface area contributed by atoms with Crippen LogP contribution in [-0.4, -0.2) is 43.4 Å². The van der Waals surface area contributed by atoms with Crippen molar-refractivity contribution in [1.82, 2.24) is 9.88 Å². The quantitative estimate of drug-likeness (QED) is 0.756. The Labute approximate surface area is 119 Å². The summed E-state index contributed by atoms with van der Waals surface area (Å²) in [6, 6.07) is 11.2. The van der Waals surface area contributed by atoms with Crippen molar-refractivity contribution < 1.29 is 9.53 Å². The van der Waals surface area contributed by atoms with Gasteiger partial charge in [-0.2, -0.15) is 0 Å². The minimum Gasteiger partial charge on any atom is -0.476 e. The van der Waals surface area contributed by atoms with Crippen molar-refractivity contribution in [3.05, 3.63) is 48.2 Å². The normalized spacial score (nSPS) is 10.6. The SMILES string of the molecule is CN(C)CCOc1ccc(-c2cccc(C=O)c2)cn1. The summed E-state index contributed by atoms with van der Waals surface area (Å²) in [5, 5.41) is 0. The fraction of sp³-hybridized carbons (Fsp3) is 0.250. The average molecular weight is 270 g/mol. The predicted molar refractivity (Wildman–Crippen MR) is 79.1 cm³/mol. The second kappa shape index (κ2) is 6.82. The number of nitrogens with zero attached hydrogens (tertiary/aromatic N) is 2. The molecule has 0 saturated carbocycles. The molecule has 4 heteroatoms. The molecule has 0 amide bonds. The first-order valence-electron chi connectivity index (χ1n) is 6.48. The largest absolute Gasteiger partial charge is 0.476 e. The Hall–Kier alpha value is -2.20. The van der Waals surface area contributed by atoms with E-state index in [1.54, 1.807) is 12.3 Å². The Morgan fingerprint density at radius 1 is 1.20 bits per heavy atom. The first kappa shape index (κ1) is 14.2. The molecule has 0 saturated heterocycles. The summed E-state index contributed by atoms with van der Waals surface area (Å²) in [7, 11) is 4.00. The van der Waals surface area contributed by atoms with Gasteiger partial charge in [0.25, 0.3) is 0 Å². The average Bonchev–Trinajstić information content (AvgIpc) is 2.48. The van der Waals surface area contributed by atoms with Gasteiger partial charge in [0.2, 0.25) is 5.88 Å². The van der Waals surface area contributed by atoms with Crippen molar-refractivity contribution in [2.75, 3.05) is 27.2 Å². The van der Waals surface area contributed by atoms with Gasteiger partial charge in [-0.15, -0.1) is 0 Å². The first-order valence-corrected chi connectivity index (χ1v) is 6.48. The van der Waals surface area contributed by atoms with E-state index in [1.807, 2.05) is 44.4 Å². The molecule has 0 aliphatic heterocycles. The molecule has 0 unspecified atom stereocenters. The number of likely N-dealkylation sites (N-methyl/N-ethyl adjacent to an activating group) is 1. The van der Waals surface area contributed by atoms with Gasteiger partial charge in [0.15, 0.2) is 0 Å². The van der Waals surface area contributed by atoms with E-state index in [-0.39, 0.29) is 0 Å². The Bertz CT molecular complexity index is 565. The van der Waals surface area contributed by atoms with Crippen LogP contribution in [0.1, 0.15) is 10.4 Å². The number of aldehydes is 1. The molecule has 0 aliphatic carbocycles. The number of hydrogen-bond acceptors (Lipinski definition) is 4. The summed E-state index contributed by atoms with van der Waals surface area (Å²) in [5.41, 5.74) is 2.60. The number of pyridine rings is 1. The van der Waals surface area contributed by atoms with Gasteiger partial charge in [-0.05, 0) is 31.8 Å². The summed E-state index contributed by atoms with van der Waals surface area (Å²) in [6.07, 6.45) is 2.60. The van der Waals surface area contributed by atoms with Crippen LogP contribution in [0.5, 0.6) is 5.88 Å². The summed E-state index contributed by atoms with van der Waals surface area (Å²) in [4.78, 5) is 17.1. The maximum atomic E-state index is 10.8. The topological polar surface area (TPSA) is 42.4 Å². The third kappa shape index (κ3) is 3.90. The number of benzene rings is 1. The third-order valence-corrected chi connectivity index (χ3v) is 2.88. The molecular formula is C16H18N2O2. The third-order valence-electron chi connectivity index (χ3n) is 2.88. The molecule has 0 radical (unpaired) electrons. The van der Waals surface area contributed by atoms with E-state index in [4.69, 9.17) is 4.74 Å². The lowest BCUT2D eigenvalue weighted by molar-refractivity contribution is 0.112. The second-order valence-electron chi connectivity index (χ2n) is 4.78. The molecule has 0 aliphatic rings. The molecule has 2 aromatic rings. The molecule has 2 rings (SSSR count). The Morgan fingerprint density at radius 3 is 2.70 bits per heavy atom. The van der Waals surface area contributed by atoms with Crippen molar-refractivity contribution in [3.8, 4) is 17.0 Å². The molecule has 0 spiro atoms. The number of ether oxygens (including phenoxy) is 1. The second-order valence-corrected chi connectivity index (χ2v) is 4.78. The zero-order valence-electron chi connectivity index (χ0n) is 11.7. The number of rotatable bonds is 6. The Kier molecular flexibility index (Phi) is 4.85. The standard InChI is InChI=1S/C16H18N2O2/c1-18(2)8-9-20-16-7-6-15(11-17-16)14-5-3-4-13(10-14)12-19/h3-7,10-12H,8-9H2,1-2H3. The lowest BCUT2D eigenvalue weighted by Gasteiger charge is -2.10. The molecule has 0 atom stereocenters. The molecule has 104 valence electrons. The molecule has 1 aromatic heterocycles. The van der Waals surface area contributed by atoms with E-state index in [2.05, 4.69) is 9.88 Å². The summed E-state index contributed by atoms with van der Waals surface area (Å²) < 4.78 is 5.54. The highest BCUT2D eigenvalue weighted by atomic mass is 16.5. The molecule has 0 N–H and O–H groups in total. The molecule has 1 aromatic carbocycles. The highest BCUT2D eigenvalue weighted by Crippen LogP contribution is 2.20. The van der Waals surface area contributed by atoms with E-state index < -0.39 is 0 Å². The summed E-state index contributed by atoms with van der Waals surface area (Å²) in [5.74, 6) is 0.613. The van der Waals surface area contributed by atoms with Crippen LogP contribution in [0.15, 0.2) is 42.6 Å². The van der Waals surface area contributed by atoms with Gasteiger partial charge in [-0.1, -0.05) is 18.2 Å². The number of aromatic nitrogens is 1. The van der Waals surface area contributed by atoms with E-state index >= 15 is 0 Å². The minimum atomic E-state index is 0.611. The highest BCUT2D eigenvalue weighted by molar-refractivity contribution is 5.78. The number of carbonyl (C=O) groups excluding carboxylic acids is 1. The zero-order valence-corrected chi connectivity index (χ0v) is 11.7. The first-order chi connectivity index (χ1) is 9.69. The van der Waals surface area contributed by atoms with E-state index in [1.165, 1.54) is 0 Å². The van der Waals surface area contributed by atoms with Crippen LogP contribution >= 0.6 is 0 Å². The van der Waals surface area contributed by atoms with Crippen LogP contribution in [0.3, 0.4) is 0 Å². The van der Waals surface area contributed by atoms with Gasteiger partial charge in [0.05, 0.1) is 0 Å². The lowest BCUT2D eigenvalue weighted by atomic mass is 10.1. The fourth-order valence-electron chi connectivity index (χ4n) is 1.76. The smallest absolute Gasteiger partial charge is 0.213 e. The van der Waals surface area contributed by atoms with Crippen LogP contribution in [0.2, 0.25) is 0 Å². The van der Waals surface area contributed by atoms with Crippen molar-refractivity contribution >= 4 is 6.29 Å². The van der Waals surface area contributed by atoms with Gasteiger partial charge in [0, 0.05) is 29.9 Å². The van der Waals surface area contributed by atoms with Gasteiger partial charge in [-0.25, -0.2) is 4.98 Å².